The van der Waals surface area contributed by atoms with Crippen molar-refractivity contribution in [2.45, 2.75) is 6.92 Å². The van der Waals surface area contributed by atoms with Gasteiger partial charge in [-0.3, -0.25) is 4.79 Å². The third kappa shape index (κ3) is 3.12. The molecule has 2 aromatic carbocycles. The molecule has 19 heavy (non-hydrogen) atoms. The van der Waals surface area contributed by atoms with Gasteiger partial charge in [-0.2, -0.15) is 0 Å². The Morgan fingerprint density at radius 1 is 1.26 bits per heavy atom. The molecule has 1 amide bonds. The summed E-state index contributed by atoms with van der Waals surface area (Å²) < 4.78 is 13.9. The van der Waals surface area contributed by atoms with Gasteiger partial charge in [-0.1, -0.05) is 6.07 Å². The van der Waals surface area contributed by atoms with Crippen molar-refractivity contribution in [1.82, 2.24) is 0 Å². The van der Waals surface area contributed by atoms with Gasteiger partial charge in [-0.15, -0.1) is 0 Å². The predicted octanol–water partition coefficient (Wildman–Crippen LogP) is 3.73. The van der Waals surface area contributed by atoms with Gasteiger partial charge in [-0.05, 0) is 58.7 Å². The van der Waals surface area contributed by atoms with Crippen LogP contribution in [0.2, 0.25) is 0 Å². The summed E-state index contributed by atoms with van der Waals surface area (Å²) >= 11 is 3.27. The summed E-state index contributed by atoms with van der Waals surface area (Å²) in [4.78, 5) is 12.1. The van der Waals surface area contributed by atoms with Crippen molar-refractivity contribution >= 4 is 33.2 Å². The molecule has 0 aliphatic rings. The average Bonchev–Trinajstić information content (AvgIpc) is 2.36. The molecule has 0 heterocycles. The second-order valence-electron chi connectivity index (χ2n) is 4.15. The Morgan fingerprint density at radius 3 is 2.68 bits per heavy atom. The summed E-state index contributed by atoms with van der Waals surface area (Å²) in [7, 11) is 0. The Labute approximate surface area is 118 Å². The largest absolute Gasteiger partial charge is 0.398 e. The molecule has 0 bridgehead atoms. The highest BCUT2D eigenvalue weighted by molar-refractivity contribution is 9.10. The quantitative estimate of drug-likeness (QED) is 0.828. The first-order chi connectivity index (χ1) is 8.97. The summed E-state index contributed by atoms with van der Waals surface area (Å²) in [6, 6.07) is 9.20. The van der Waals surface area contributed by atoms with Gasteiger partial charge in [0.1, 0.15) is 5.82 Å². The van der Waals surface area contributed by atoms with E-state index in [0.717, 1.165) is 4.47 Å². The van der Waals surface area contributed by atoms with E-state index in [1.807, 2.05) is 0 Å². The van der Waals surface area contributed by atoms with Crippen LogP contribution in [0.1, 0.15) is 15.9 Å². The van der Waals surface area contributed by atoms with Crippen LogP contribution < -0.4 is 11.1 Å². The number of carbonyl (C=O) groups is 1. The van der Waals surface area contributed by atoms with Crippen molar-refractivity contribution in [1.29, 1.82) is 0 Å². The van der Waals surface area contributed by atoms with Gasteiger partial charge in [0, 0.05) is 21.4 Å². The molecule has 3 nitrogen and oxygen atoms in total. The molecule has 0 atom stereocenters. The van der Waals surface area contributed by atoms with Gasteiger partial charge in [0.2, 0.25) is 0 Å². The van der Waals surface area contributed by atoms with E-state index in [1.165, 1.54) is 12.1 Å². The molecule has 2 rings (SSSR count). The van der Waals surface area contributed by atoms with Gasteiger partial charge < -0.3 is 11.1 Å². The molecule has 0 aromatic heterocycles. The average molecular weight is 323 g/mol. The Hall–Kier alpha value is -1.88. The molecule has 0 fully saturated rings. The van der Waals surface area contributed by atoms with E-state index in [4.69, 9.17) is 5.73 Å². The number of nitrogens with one attached hydrogen (secondary N) is 1. The number of carbonyl (C=O) groups excluding carboxylic acids is 1. The van der Waals surface area contributed by atoms with Crippen LogP contribution in [0.25, 0.3) is 0 Å². The van der Waals surface area contributed by atoms with Crippen LogP contribution >= 0.6 is 15.9 Å². The van der Waals surface area contributed by atoms with Crippen LogP contribution in [0.4, 0.5) is 15.8 Å². The minimum Gasteiger partial charge on any atom is -0.398 e. The molecule has 5 heteroatoms. The zero-order valence-electron chi connectivity index (χ0n) is 10.2. The topological polar surface area (TPSA) is 55.1 Å². The van der Waals surface area contributed by atoms with E-state index >= 15 is 0 Å². The lowest BCUT2D eigenvalue weighted by Gasteiger charge is -2.09. The molecule has 0 saturated carbocycles. The standard InChI is InChI=1S/C14H12BrFN2O/c1-8-2-3-9(16)6-11(8)14(19)18-10-4-5-12(15)13(17)7-10/h2-7H,17H2,1H3,(H,18,19). The van der Waals surface area contributed by atoms with Crippen LogP contribution in [-0.2, 0) is 0 Å². The first-order valence-corrected chi connectivity index (χ1v) is 6.39. The van der Waals surface area contributed by atoms with Crippen LogP contribution in [0.15, 0.2) is 40.9 Å². The van der Waals surface area contributed by atoms with E-state index in [0.29, 0.717) is 22.5 Å². The monoisotopic (exact) mass is 322 g/mol. The molecule has 3 N–H and O–H groups in total. The Balaban J connectivity index is 2.25. The number of benzene rings is 2. The van der Waals surface area contributed by atoms with Crippen LogP contribution in [0.5, 0.6) is 0 Å². The lowest BCUT2D eigenvalue weighted by molar-refractivity contribution is 0.102. The highest BCUT2D eigenvalue weighted by Gasteiger charge is 2.11. The van der Waals surface area contributed by atoms with Gasteiger partial charge in [0.15, 0.2) is 0 Å². The number of rotatable bonds is 2. The van der Waals surface area contributed by atoms with Crippen molar-refractivity contribution in [2.75, 3.05) is 11.1 Å². The van der Waals surface area contributed by atoms with Crippen molar-refractivity contribution in [3.63, 3.8) is 0 Å². The van der Waals surface area contributed by atoms with Gasteiger partial charge in [0.25, 0.3) is 5.91 Å². The highest BCUT2D eigenvalue weighted by Crippen LogP contribution is 2.23. The summed E-state index contributed by atoms with van der Waals surface area (Å²) in [5, 5.41) is 2.69. The molecule has 98 valence electrons. The fourth-order valence-electron chi connectivity index (χ4n) is 1.66. The Kier molecular flexibility index (Phi) is 3.85. The fraction of sp³-hybridized carbons (Fsp3) is 0.0714. The second kappa shape index (κ2) is 5.40. The number of nitrogen functional groups attached to an aromatic ring is 1. The fourth-order valence-corrected chi connectivity index (χ4v) is 1.91. The van der Waals surface area contributed by atoms with E-state index in [-0.39, 0.29) is 5.91 Å². The first kappa shape index (κ1) is 13.5. The van der Waals surface area contributed by atoms with Crippen LogP contribution in [-0.4, -0.2) is 5.91 Å². The number of amides is 1. The van der Waals surface area contributed by atoms with Crippen LogP contribution in [0, 0.1) is 12.7 Å². The number of anilines is 2. The van der Waals surface area contributed by atoms with E-state index < -0.39 is 5.82 Å². The maximum Gasteiger partial charge on any atom is 0.256 e. The minimum atomic E-state index is -0.439. The second-order valence-corrected chi connectivity index (χ2v) is 5.00. The predicted molar refractivity (Wildman–Crippen MR) is 77.6 cm³/mol. The highest BCUT2D eigenvalue weighted by atomic mass is 79.9. The normalized spacial score (nSPS) is 10.3. The maximum atomic E-state index is 13.2. The van der Waals surface area contributed by atoms with Crippen molar-refractivity contribution in [2.24, 2.45) is 0 Å². The third-order valence-corrected chi connectivity index (χ3v) is 3.42. The zero-order valence-corrected chi connectivity index (χ0v) is 11.8. The summed E-state index contributed by atoms with van der Waals surface area (Å²) in [5.41, 5.74) is 7.84. The van der Waals surface area contributed by atoms with E-state index in [1.54, 1.807) is 31.2 Å². The molecule has 0 aliphatic heterocycles. The Morgan fingerprint density at radius 2 is 2.00 bits per heavy atom. The summed E-state index contributed by atoms with van der Waals surface area (Å²) in [5.74, 6) is -0.801. The van der Waals surface area contributed by atoms with Crippen molar-refractivity contribution < 1.29 is 9.18 Å². The molecular formula is C14H12BrFN2O. The smallest absolute Gasteiger partial charge is 0.256 e. The van der Waals surface area contributed by atoms with Gasteiger partial charge >= 0.3 is 0 Å². The van der Waals surface area contributed by atoms with Gasteiger partial charge in [-0.25, -0.2) is 4.39 Å². The zero-order chi connectivity index (χ0) is 14.0. The summed E-state index contributed by atoms with van der Waals surface area (Å²) in [6.45, 7) is 1.75. The molecule has 0 aliphatic carbocycles. The minimum absolute atomic E-state index is 0.307. The van der Waals surface area contributed by atoms with E-state index in [9.17, 15) is 9.18 Å². The van der Waals surface area contributed by atoms with E-state index in [2.05, 4.69) is 21.2 Å². The molecule has 2 aromatic rings. The number of nitrogens with two attached hydrogens (primary N) is 1. The summed E-state index contributed by atoms with van der Waals surface area (Å²) in [6.07, 6.45) is 0. The van der Waals surface area contributed by atoms with Crippen molar-refractivity contribution in [3.05, 3.63) is 57.8 Å². The lowest BCUT2D eigenvalue weighted by Crippen LogP contribution is -2.13. The number of hydrogen-bond acceptors (Lipinski definition) is 2. The first-order valence-electron chi connectivity index (χ1n) is 5.60. The number of aryl methyl sites for hydroxylation is 1. The number of halogens is 2. The maximum absolute atomic E-state index is 13.2. The Bertz CT molecular complexity index is 643. The SMILES string of the molecule is Cc1ccc(F)cc1C(=O)Nc1ccc(Br)c(N)c1. The molecule has 0 radical (unpaired) electrons. The van der Waals surface area contributed by atoms with Gasteiger partial charge in [0.05, 0.1) is 0 Å². The number of hydrogen-bond donors (Lipinski definition) is 2. The van der Waals surface area contributed by atoms with Crippen LogP contribution in [0.3, 0.4) is 0 Å². The third-order valence-electron chi connectivity index (χ3n) is 2.70. The van der Waals surface area contributed by atoms with Crippen molar-refractivity contribution in [3.8, 4) is 0 Å². The molecule has 0 saturated heterocycles. The molecule has 0 unspecified atom stereocenters. The lowest BCUT2D eigenvalue weighted by atomic mass is 10.1. The molecular weight excluding hydrogens is 311 g/mol. The molecule has 0 spiro atoms.